The second-order valence-corrected chi connectivity index (χ2v) is 6.61. The van der Waals surface area contributed by atoms with Gasteiger partial charge in [0.2, 0.25) is 0 Å². The molecule has 5 nitrogen and oxygen atoms in total. The van der Waals surface area contributed by atoms with Gasteiger partial charge in [-0.1, -0.05) is 0 Å². The minimum atomic E-state index is -0.216. The Balaban J connectivity index is 0.00000182. The number of benzene rings is 1. The molecule has 0 spiro atoms. The third-order valence-corrected chi connectivity index (χ3v) is 5.07. The minimum absolute atomic E-state index is 0. The van der Waals surface area contributed by atoms with Crippen molar-refractivity contribution in [1.82, 2.24) is 15.6 Å². The first-order valence-corrected chi connectivity index (χ1v) is 8.61. The summed E-state index contributed by atoms with van der Waals surface area (Å²) in [5, 5.41) is 7.92. The third-order valence-electron chi connectivity index (χ3n) is 5.07. The van der Waals surface area contributed by atoms with Crippen LogP contribution >= 0.6 is 24.0 Å². The molecule has 2 bridgehead atoms. The first-order valence-electron chi connectivity index (χ1n) is 8.61. The molecule has 0 radical (unpaired) electrons. The predicted octanol–water partition coefficient (Wildman–Crippen LogP) is 2.95. The quantitative estimate of drug-likeness (QED) is 0.375. The third kappa shape index (κ3) is 3.92. The Morgan fingerprint density at radius 1 is 1.40 bits per heavy atom. The highest BCUT2D eigenvalue weighted by Crippen LogP contribution is 2.34. The van der Waals surface area contributed by atoms with E-state index in [1.165, 1.54) is 24.1 Å². The molecule has 3 atom stereocenters. The number of nitrogens with zero attached hydrogens (tertiary/aromatic N) is 1. The summed E-state index contributed by atoms with van der Waals surface area (Å²) in [6.07, 6.45) is 6.96. The maximum Gasteiger partial charge on any atom is 0.191 e. The molecular weight excluding hydrogens is 434 g/mol. The van der Waals surface area contributed by atoms with E-state index >= 15 is 0 Å². The van der Waals surface area contributed by atoms with Crippen LogP contribution in [0.1, 0.15) is 24.8 Å². The van der Waals surface area contributed by atoms with Crippen molar-refractivity contribution in [3.05, 3.63) is 35.8 Å². The number of aromatic amines is 1. The van der Waals surface area contributed by atoms with Gasteiger partial charge >= 0.3 is 0 Å². The van der Waals surface area contributed by atoms with Crippen molar-refractivity contribution < 1.29 is 9.13 Å². The number of aliphatic imine (C=N–C) groups is 1. The zero-order chi connectivity index (χ0) is 16.5. The van der Waals surface area contributed by atoms with Crippen LogP contribution in [-0.2, 0) is 11.2 Å². The van der Waals surface area contributed by atoms with Crippen molar-refractivity contribution in [2.24, 2.45) is 4.99 Å². The lowest BCUT2D eigenvalue weighted by Gasteiger charge is -2.22. The van der Waals surface area contributed by atoms with E-state index in [1.807, 2.05) is 12.3 Å². The number of ether oxygens (including phenoxy) is 1. The van der Waals surface area contributed by atoms with Gasteiger partial charge in [-0.15, -0.1) is 24.0 Å². The number of H-pyrrole nitrogens is 1. The van der Waals surface area contributed by atoms with Crippen LogP contribution in [0.5, 0.6) is 0 Å². The summed E-state index contributed by atoms with van der Waals surface area (Å²) in [7, 11) is 1.79. The molecule has 2 aliphatic rings. The van der Waals surface area contributed by atoms with E-state index in [0.29, 0.717) is 18.2 Å². The zero-order valence-electron chi connectivity index (χ0n) is 14.2. The maximum atomic E-state index is 13.2. The predicted molar refractivity (Wildman–Crippen MR) is 108 cm³/mol. The lowest BCUT2D eigenvalue weighted by Crippen LogP contribution is -2.47. The highest BCUT2D eigenvalue weighted by molar-refractivity contribution is 14.0. The summed E-state index contributed by atoms with van der Waals surface area (Å²) in [4.78, 5) is 7.44. The van der Waals surface area contributed by atoms with Crippen molar-refractivity contribution in [3.63, 3.8) is 0 Å². The summed E-state index contributed by atoms with van der Waals surface area (Å²) in [6, 6.07) is 5.23. The number of halogens is 2. The molecule has 3 heterocycles. The van der Waals surface area contributed by atoms with Gasteiger partial charge in [0.1, 0.15) is 5.82 Å². The maximum absolute atomic E-state index is 13.2. The fraction of sp³-hybridized carbons (Fsp3) is 0.500. The van der Waals surface area contributed by atoms with Gasteiger partial charge in [0.25, 0.3) is 0 Å². The Hall–Kier alpha value is -1.35. The van der Waals surface area contributed by atoms with Crippen LogP contribution in [0.4, 0.5) is 4.39 Å². The van der Waals surface area contributed by atoms with E-state index in [4.69, 9.17) is 4.74 Å². The first kappa shape index (κ1) is 18.4. The smallest absolute Gasteiger partial charge is 0.191 e. The van der Waals surface area contributed by atoms with Crippen molar-refractivity contribution in [3.8, 4) is 0 Å². The lowest BCUT2D eigenvalue weighted by atomic mass is 9.96. The SMILES string of the molecule is CN=C(NCCc1c[nH]c2cc(F)ccc12)NC1CC2CCC1O2.I. The summed E-state index contributed by atoms with van der Waals surface area (Å²) >= 11 is 0. The molecule has 3 unspecified atom stereocenters. The average Bonchev–Trinajstić information content (AvgIpc) is 3.29. The number of hydrogen-bond donors (Lipinski definition) is 3. The van der Waals surface area contributed by atoms with Gasteiger partial charge in [0.05, 0.1) is 18.2 Å². The highest BCUT2D eigenvalue weighted by atomic mass is 127. The molecule has 2 aliphatic heterocycles. The number of guanidine groups is 1. The second-order valence-electron chi connectivity index (χ2n) is 6.61. The van der Waals surface area contributed by atoms with Crippen LogP contribution in [-0.4, -0.2) is 42.8 Å². The van der Waals surface area contributed by atoms with E-state index in [0.717, 1.165) is 42.7 Å². The molecule has 2 saturated heterocycles. The van der Waals surface area contributed by atoms with Crippen LogP contribution in [0, 0.1) is 5.82 Å². The molecule has 4 rings (SSSR count). The first-order chi connectivity index (χ1) is 11.7. The minimum Gasteiger partial charge on any atom is -0.373 e. The molecule has 0 amide bonds. The average molecular weight is 458 g/mol. The van der Waals surface area contributed by atoms with Crippen LogP contribution in [0.2, 0.25) is 0 Å². The van der Waals surface area contributed by atoms with E-state index < -0.39 is 0 Å². The van der Waals surface area contributed by atoms with Gasteiger partial charge in [-0.2, -0.15) is 0 Å². The fourth-order valence-electron chi connectivity index (χ4n) is 3.84. The Labute approximate surface area is 163 Å². The van der Waals surface area contributed by atoms with Gasteiger partial charge in [0.15, 0.2) is 5.96 Å². The molecule has 1 aromatic carbocycles. The Morgan fingerprint density at radius 2 is 2.28 bits per heavy atom. The van der Waals surface area contributed by atoms with E-state index in [9.17, 15) is 4.39 Å². The number of aromatic nitrogens is 1. The second kappa shape index (κ2) is 7.90. The number of rotatable bonds is 4. The largest absolute Gasteiger partial charge is 0.373 e. The van der Waals surface area contributed by atoms with Crippen molar-refractivity contribution in [2.75, 3.05) is 13.6 Å². The zero-order valence-corrected chi connectivity index (χ0v) is 16.5. The Kier molecular flexibility index (Phi) is 5.83. The molecule has 136 valence electrons. The summed E-state index contributed by atoms with van der Waals surface area (Å²) in [5.41, 5.74) is 2.02. The standard InChI is InChI=1S/C18H23FN4O.HI/c1-20-18(23-16-9-13-3-5-17(16)24-13)21-7-6-11-10-22-15-8-12(19)2-4-14(11)15;/h2,4,8,10,13,16-17,22H,3,5-7,9H2,1H3,(H2,20,21,23);1H. The van der Waals surface area contributed by atoms with Crippen molar-refractivity contribution >= 4 is 40.8 Å². The molecule has 3 N–H and O–H groups in total. The summed E-state index contributed by atoms with van der Waals surface area (Å²) < 4.78 is 19.1. The van der Waals surface area contributed by atoms with E-state index in [-0.39, 0.29) is 29.8 Å². The van der Waals surface area contributed by atoms with Crippen molar-refractivity contribution in [1.29, 1.82) is 0 Å². The molecule has 7 heteroatoms. The molecule has 2 aromatic rings. The van der Waals surface area contributed by atoms with Crippen LogP contribution < -0.4 is 10.6 Å². The Bertz CT molecular complexity index is 763. The van der Waals surface area contributed by atoms with E-state index in [1.54, 1.807) is 7.05 Å². The molecular formula is C18H24FIN4O. The molecule has 25 heavy (non-hydrogen) atoms. The number of nitrogens with one attached hydrogen (secondary N) is 3. The van der Waals surface area contributed by atoms with Gasteiger partial charge in [-0.05, 0) is 49.4 Å². The van der Waals surface area contributed by atoms with Crippen molar-refractivity contribution in [2.45, 2.75) is 43.9 Å². The molecule has 0 aliphatic carbocycles. The van der Waals surface area contributed by atoms with Gasteiger partial charge in [-0.25, -0.2) is 4.39 Å². The molecule has 2 fully saturated rings. The highest BCUT2D eigenvalue weighted by Gasteiger charge is 2.41. The van der Waals surface area contributed by atoms with Gasteiger partial charge in [-0.3, -0.25) is 4.99 Å². The monoisotopic (exact) mass is 458 g/mol. The van der Waals surface area contributed by atoms with Crippen LogP contribution in [0.25, 0.3) is 10.9 Å². The molecule has 0 saturated carbocycles. The molecule has 1 aromatic heterocycles. The Morgan fingerprint density at radius 3 is 3.00 bits per heavy atom. The number of hydrogen-bond acceptors (Lipinski definition) is 2. The van der Waals surface area contributed by atoms with Crippen LogP contribution in [0.15, 0.2) is 29.4 Å². The van der Waals surface area contributed by atoms with Gasteiger partial charge in [0, 0.05) is 30.7 Å². The normalized spacial score (nSPS) is 25.2. The van der Waals surface area contributed by atoms with Crippen LogP contribution in [0.3, 0.4) is 0 Å². The number of fused-ring (bicyclic) bond motifs is 3. The summed E-state index contributed by atoms with van der Waals surface area (Å²) in [6.45, 7) is 0.770. The topological polar surface area (TPSA) is 61.4 Å². The van der Waals surface area contributed by atoms with Gasteiger partial charge < -0.3 is 20.4 Å². The summed E-state index contributed by atoms with van der Waals surface area (Å²) in [5.74, 6) is 0.605. The fourth-order valence-corrected chi connectivity index (χ4v) is 3.84. The van der Waals surface area contributed by atoms with E-state index in [2.05, 4.69) is 20.6 Å². The lowest BCUT2D eigenvalue weighted by molar-refractivity contribution is 0.0992.